The van der Waals surface area contributed by atoms with Gasteiger partial charge in [-0.1, -0.05) is 68.4 Å². The maximum atomic E-state index is 4.73. The van der Waals surface area contributed by atoms with Crippen LogP contribution in [0.2, 0.25) is 0 Å². The minimum absolute atomic E-state index is 0.0175. The maximum Gasteiger partial charge on any atom is 0.137 e. The van der Waals surface area contributed by atoms with Gasteiger partial charge in [0.05, 0.1) is 11.0 Å². The molecule has 0 fully saturated rings. The van der Waals surface area contributed by atoms with Crippen LogP contribution in [-0.4, -0.2) is 9.55 Å². The SMILES string of the molecule is CC1(C)c2ccccc2-c2cc3c(cc21)c1cc2ccccc2cc1n3-c1ccccn1. The van der Waals surface area contributed by atoms with E-state index < -0.39 is 0 Å². The molecule has 2 heterocycles. The van der Waals surface area contributed by atoms with Crippen molar-refractivity contribution >= 4 is 32.6 Å². The van der Waals surface area contributed by atoms with E-state index in [1.165, 1.54) is 54.8 Å². The van der Waals surface area contributed by atoms with E-state index in [9.17, 15) is 0 Å². The standard InChI is InChI=1S/C30H22N2/c1-30(2)25-12-6-5-11-21(25)22-18-28-24(17-26(22)30)23-15-19-9-3-4-10-20(19)16-27(23)32(28)29-13-7-8-14-31-29/h3-18H,1-2H3. The van der Waals surface area contributed by atoms with Crippen LogP contribution >= 0.6 is 0 Å². The van der Waals surface area contributed by atoms with E-state index in [0.29, 0.717) is 0 Å². The van der Waals surface area contributed by atoms with Crippen molar-refractivity contribution in [3.05, 3.63) is 108 Å². The number of benzene rings is 4. The molecule has 2 aromatic heterocycles. The zero-order valence-corrected chi connectivity index (χ0v) is 18.1. The van der Waals surface area contributed by atoms with Gasteiger partial charge in [0.25, 0.3) is 0 Å². The van der Waals surface area contributed by atoms with Crippen molar-refractivity contribution in [1.82, 2.24) is 9.55 Å². The molecule has 0 amide bonds. The highest BCUT2D eigenvalue weighted by atomic mass is 15.1. The van der Waals surface area contributed by atoms with Gasteiger partial charge >= 0.3 is 0 Å². The van der Waals surface area contributed by atoms with Gasteiger partial charge in [-0.05, 0) is 69.4 Å². The first kappa shape index (κ1) is 17.7. The Kier molecular flexibility index (Phi) is 3.37. The molecule has 4 aromatic carbocycles. The topological polar surface area (TPSA) is 17.8 Å². The molecule has 0 saturated heterocycles. The summed E-state index contributed by atoms with van der Waals surface area (Å²) in [6.45, 7) is 4.69. The second kappa shape index (κ2) is 6.08. The highest BCUT2D eigenvalue weighted by Crippen LogP contribution is 2.51. The van der Waals surface area contributed by atoms with Gasteiger partial charge < -0.3 is 0 Å². The predicted molar refractivity (Wildman–Crippen MR) is 134 cm³/mol. The molecular weight excluding hydrogens is 388 g/mol. The summed E-state index contributed by atoms with van der Waals surface area (Å²) >= 11 is 0. The summed E-state index contributed by atoms with van der Waals surface area (Å²) in [5.74, 6) is 0.952. The van der Waals surface area contributed by atoms with Crippen LogP contribution in [0.5, 0.6) is 0 Å². The van der Waals surface area contributed by atoms with Crippen LogP contribution in [0, 0.1) is 0 Å². The van der Waals surface area contributed by atoms with Crippen molar-refractivity contribution in [2.45, 2.75) is 19.3 Å². The molecule has 1 aliphatic rings. The fraction of sp³-hybridized carbons (Fsp3) is 0.100. The van der Waals surface area contributed by atoms with E-state index in [-0.39, 0.29) is 5.41 Å². The van der Waals surface area contributed by atoms with E-state index in [1.54, 1.807) is 0 Å². The largest absolute Gasteiger partial charge is 0.294 e. The molecule has 6 aromatic rings. The summed E-state index contributed by atoms with van der Waals surface area (Å²) in [6.07, 6.45) is 1.87. The van der Waals surface area contributed by atoms with Crippen molar-refractivity contribution < 1.29 is 0 Å². The number of hydrogen-bond acceptors (Lipinski definition) is 1. The molecule has 0 N–H and O–H groups in total. The third-order valence-electron chi connectivity index (χ3n) is 7.21. The summed E-state index contributed by atoms with van der Waals surface area (Å²) in [6, 6.07) is 33.1. The van der Waals surface area contributed by atoms with Crippen molar-refractivity contribution in [2.24, 2.45) is 0 Å². The third-order valence-corrected chi connectivity index (χ3v) is 7.21. The summed E-state index contributed by atoms with van der Waals surface area (Å²) in [7, 11) is 0. The molecule has 0 unspecified atom stereocenters. The Labute approximate surface area is 186 Å². The van der Waals surface area contributed by atoms with Crippen LogP contribution in [0.4, 0.5) is 0 Å². The fourth-order valence-corrected chi connectivity index (χ4v) is 5.63. The van der Waals surface area contributed by atoms with Gasteiger partial charge in [0, 0.05) is 22.4 Å². The zero-order chi connectivity index (χ0) is 21.4. The predicted octanol–water partition coefficient (Wildman–Crippen LogP) is 7.64. The Morgan fingerprint density at radius 1 is 0.625 bits per heavy atom. The number of nitrogens with zero attached hydrogens (tertiary/aromatic N) is 2. The Bertz CT molecular complexity index is 1690. The van der Waals surface area contributed by atoms with Crippen molar-refractivity contribution in [3.63, 3.8) is 0 Å². The third kappa shape index (κ3) is 2.22. The summed E-state index contributed by atoms with van der Waals surface area (Å²) in [4.78, 5) is 4.73. The Hall–Kier alpha value is -3.91. The van der Waals surface area contributed by atoms with Gasteiger partial charge in [-0.15, -0.1) is 0 Å². The lowest BCUT2D eigenvalue weighted by Gasteiger charge is -2.21. The molecule has 0 aliphatic heterocycles. The summed E-state index contributed by atoms with van der Waals surface area (Å²) in [5, 5.41) is 5.08. The number of hydrogen-bond donors (Lipinski definition) is 0. The van der Waals surface area contributed by atoms with E-state index in [1.807, 2.05) is 12.3 Å². The Balaban J connectivity index is 1.69. The van der Waals surface area contributed by atoms with Crippen LogP contribution in [0.15, 0.2) is 97.2 Å². The van der Waals surface area contributed by atoms with Gasteiger partial charge in [-0.25, -0.2) is 4.98 Å². The first-order chi connectivity index (χ1) is 15.6. The van der Waals surface area contributed by atoms with Gasteiger partial charge in [0.2, 0.25) is 0 Å². The van der Waals surface area contributed by atoms with E-state index in [4.69, 9.17) is 4.98 Å². The van der Waals surface area contributed by atoms with Crippen molar-refractivity contribution in [2.75, 3.05) is 0 Å². The highest BCUT2D eigenvalue weighted by Gasteiger charge is 2.36. The minimum Gasteiger partial charge on any atom is -0.294 e. The molecule has 0 spiro atoms. The molecular formula is C30H22N2. The smallest absolute Gasteiger partial charge is 0.137 e. The lowest BCUT2D eigenvalue weighted by Crippen LogP contribution is -2.14. The average molecular weight is 411 g/mol. The normalized spacial score (nSPS) is 14.2. The molecule has 152 valence electrons. The molecule has 0 radical (unpaired) electrons. The lowest BCUT2D eigenvalue weighted by atomic mass is 9.82. The van der Waals surface area contributed by atoms with Gasteiger partial charge in [0.1, 0.15) is 5.82 Å². The highest BCUT2D eigenvalue weighted by molar-refractivity contribution is 6.15. The molecule has 0 atom stereocenters. The first-order valence-corrected chi connectivity index (χ1v) is 11.2. The summed E-state index contributed by atoms with van der Waals surface area (Å²) in [5.41, 5.74) is 7.88. The number of pyridine rings is 1. The first-order valence-electron chi connectivity index (χ1n) is 11.2. The van der Waals surface area contributed by atoms with Crippen LogP contribution in [-0.2, 0) is 5.41 Å². The van der Waals surface area contributed by atoms with E-state index in [2.05, 4.69) is 103 Å². The molecule has 0 bridgehead atoms. The number of fused-ring (bicyclic) bond motifs is 7. The van der Waals surface area contributed by atoms with Crippen LogP contribution < -0.4 is 0 Å². The second-order valence-electron chi connectivity index (χ2n) is 9.33. The number of rotatable bonds is 1. The van der Waals surface area contributed by atoms with E-state index in [0.717, 1.165) is 5.82 Å². The Morgan fingerprint density at radius 2 is 1.31 bits per heavy atom. The van der Waals surface area contributed by atoms with Crippen LogP contribution in [0.25, 0.3) is 49.5 Å². The average Bonchev–Trinajstić information content (AvgIpc) is 3.25. The molecule has 7 rings (SSSR count). The van der Waals surface area contributed by atoms with Gasteiger partial charge in [-0.3, -0.25) is 4.57 Å². The van der Waals surface area contributed by atoms with Gasteiger partial charge in [0.15, 0.2) is 0 Å². The fourth-order valence-electron chi connectivity index (χ4n) is 5.63. The second-order valence-corrected chi connectivity index (χ2v) is 9.33. The minimum atomic E-state index is -0.0175. The van der Waals surface area contributed by atoms with Crippen molar-refractivity contribution in [1.29, 1.82) is 0 Å². The lowest BCUT2D eigenvalue weighted by molar-refractivity contribution is 0.661. The maximum absolute atomic E-state index is 4.73. The number of aromatic nitrogens is 2. The molecule has 2 heteroatoms. The zero-order valence-electron chi connectivity index (χ0n) is 18.1. The van der Waals surface area contributed by atoms with Crippen molar-refractivity contribution in [3.8, 4) is 16.9 Å². The molecule has 1 aliphatic carbocycles. The monoisotopic (exact) mass is 410 g/mol. The quantitative estimate of drug-likeness (QED) is 0.272. The van der Waals surface area contributed by atoms with Crippen LogP contribution in [0.1, 0.15) is 25.0 Å². The molecule has 32 heavy (non-hydrogen) atoms. The van der Waals surface area contributed by atoms with Gasteiger partial charge in [-0.2, -0.15) is 0 Å². The van der Waals surface area contributed by atoms with E-state index >= 15 is 0 Å². The summed E-state index contributed by atoms with van der Waals surface area (Å²) < 4.78 is 2.32. The molecule has 0 saturated carbocycles. The molecule has 2 nitrogen and oxygen atoms in total. The van der Waals surface area contributed by atoms with Crippen LogP contribution in [0.3, 0.4) is 0 Å². The Morgan fingerprint density at radius 3 is 2.12 bits per heavy atom.